The molecule has 0 unspecified atom stereocenters. The molecule has 0 bridgehead atoms. The Morgan fingerprint density at radius 2 is 2.47 bits per heavy atom. The normalized spacial score (nSPS) is 12.9. The summed E-state index contributed by atoms with van der Waals surface area (Å²) < 4.78 is 2.13. The molecule has 0 amide bonds. The van der Waals surface area contributed by atoms with E-state index in [4.69, 9.17) is 5.73 Å². The molecule has 0 aliphatic rings. The maximum Gasteiger partial charge on any atom is 0.0948 e. The third-order valence-corrected chi connectivity index (χ3v) is 3.16. The van der Waals surface area contributed by atoms with Crippen LogP contribution in [0.2, 0.25) is 0 Å². The van der Waals surface area contributed by atoms with Crippen LogP contribution in [-0.4, -0.2) is 9.55 Å². The number of nitrogens with zero attached hydrogens (tertiary/aromatic N) is 2. The molecule has 2 N–H and O–H groups in total. The van der Waals surface area contributed by atoms with Gasteiger partial charge in [0.15, 0.2) is 0 Å². The summed E-state index contributed by atoms with van der Waals surface area (Å²) in [7, 11) is 0. The highest BCUT2D eigenvalue weighted by Gasteiger charge is 2.06. The molecule has 2 aromatic heterocycles. The molecule has 0 fully saturated rings. The molecule has 2 aromatic rings. The first-order valence-electron chi connectivity index (χ1n) is 5.04. The first-order valence-corrected chi connectivity index (χ1v) is 5.98. The molecular weight excluding hydrogens is 206 g/mol. The van der Waals surface area contributed by atoms with Gasteiger partial charge in [0, 0.05) is 18.8 Å². The Labute approximate surface area is 93.6 Å². The number of nitrogens with two attached hydrogens (primary N) is 1. The highest BCUT2D eigenvalue weighted by molar-refractivity contribution is 7.07. The quantitative estimate of drug-likeness (QED) is 0.860. The lowest BCUT2D eigenvalue weighted by Crippen LogP contribution is -2.12. The van der Waals surface area contributed by atoms with E-state index in [0.29, 0.717) is 0 Å². The SMILES string of the molecule is C[C@@H](N)c1cncn1CCc1ccsc1. The second-order valence-electron chi connectivity index (χ2n) is 3.68. The van der Waals surface area contributed by atoms with Crippen LogP contribution >= 0.6 is 11.3 Å². The largest absolute Gasteiger partial charge is 0.333 e. The van der Waals surface area contributed by atoms with Gasteiger partial charge < -0.3 is 10.3 Å². The lowest BCUT2D eigenvalue weighted by atomic mass is 10.2. The van der Waals surface area contributed by atoms with Crippen LogP contribution in [0.4, 0.5) is 0 Å². The number of rotatable bonds is 4. The van der Waals surface area contributed by atoms with Crippen molar-refractivity contribution in [3.8, 4) is 0 Å². The van der Waals surface area contributed by atoms with Crippen molar-refractivity contribution in [2.75, 3.05) is 0 Å². The molecule has 0 aliphatic carbocycles. The van der Waals surface area contributed by atoms with E-state index in [-0.39, 0.29) is 6.04 Å². The van der Waals surface area contributed by atoms with Gasteiger partial charge in [-0.05, 0) is 35.7 Å². The van der Waals surface area contributed by atoms with Gasteiger partial charge in [-0.15, -0.1) is 0 Å². The number of imidazole rings is 1. The fourth-order valence-corrected chi connectivity index (χ4v) is 2.28. The van der Waals surface area contributed by atoms with Crippen molar-refractivity contribution >= 4 is 11.3 Å². The molecule has 2 rings (SSSR count). The van der Waals surface area contributed by atoms with Crippen molar-refractivity contribution in [1.82, 2.24) is 9.55 Å². The lowest BCUT2D eigenvalue weighted by molar-refractivity contribution is 0.624. The van der Waals surface area contributed by atoms with Crippen LogP contribution < -0.4 is 5.73 Å². The Balaban J connectivity index is 2.02. The molecule has 0 saturated carbocycles. The molecule has 1 atom stereocenters. The van der Waals surface area contributed by atoms with E-state index in [1.54, 1.807) is 11.3 Å². The summed E-state index contributed by atoms with van der Waals surface area (Å²) in [5, 5.41) is 4.29. The van der Waals surface area contributed by atoms with Crippen molar-refractivity contribution in [3.63, 3.8) is 0 Å². The van der Waals surface area contributed by atoms with E-state index in [9.17, 15) is 0 Å². The average Bonchev–Trinajstić information content (AvgIpc) is 2.86. The maximum atomic E-state index is 5.85. The van der Waals surface area contributed by atoms with Gasteiger partial charge >= 0.3 is 0 Å². The molecule has 80 valence electrons. The number of thiophene rings is 1. The molecule has 3 nitrogen and oxygen atoms in total. The highest BCUT2D eigenvalue weighted by atomic mass is 32.1. The van der Waals surface area contributed by atoms with Crippen molar-refractivity contribution < 1.29 is 0 Å². The van der Waals surface area contributed by atoms with E-state index in [0.717, 1.165) is 18.7 Å². The van der Waals surface area contributed by atoms with E-state index < -0.39 is 0 Å². The van der Waals surface area contributed by atoms with Crippen LogP contribution in [0.15, 0.2) is 29.4 Å². The standard InChI is InChI=1S/C11H15N3S/c1-9(12)11-6-13-8-14(11)4-2-10-3-5-15-7-10/h3,5-9H,2,4,12H2,1H3/t9-/m1/s1. The van der Waals surface area contributed by atoms with Crippen molar-refractivity contribution in [2.45, 2.75) is 25.9 Å². The molecule has 15 heavy (non-hydrogen) atoms. The Morgan fingerprint density at radius 1 is 1.60 bits per heavy atom. The summed E-state index contributed by atoms with van der Waals surface area (Å²) in [5.74, 6) is 0. The van der Waals surface area contributed by atoms with E-state index in [1.165, 1.54) is 5.56 Å². The van der Waals surface area contributed by atoms with Gasteiger partial charge in [0.25, 0.3) is 0 Å². The molecule has 0 radical (unpaired) electrons. The number of hydrogen-bond donors (Lipinski definition) is 1. The summed E-state index contributed by atoms with van der Waals surface area (Å²) in [6, 6.07) is 2.21. The molecule has 0 aliphatic heterocycles. The molecule has 0 saturated heterocycles. The zero-order valence-electron chi connectivity index (χ0n) is 8.76. The number of aromatic nitrogens is 2. The molecule has 0 aromatic carbocycles. The fourth-order valence-electron chi connectivity index (χ4n) is 1.58. The Bertz CT molecular complexity index is 403. The van der Waals surface area contributed by atoms with Gasteiger partial charge in [0.1, 0.15) is 0 Å². The zero-order chi connectivity index (χ0) is 10.7. The monoisotopic (exact) mass is 221 g/mol. The minimum atomic E-state index is 0.0509. The number of aryl methyl sites for hydroxylation is 2. The predicted molar refractivity (Wildman–Crippen MR) is 62.9 cm³/mol. The molecule has 2 heterocycles. The topological polar surface area (TPSA) is 43.8 Å². The summed E-state index contributed by atoms with van der Waals surface area (Å²) in [6.45, 7) is 2.94. The van der Waals surface area contributed by atoms with Crippen molar-refractivity contribution in [3.05, 3.63) is 40.6 Å². The summed E-state index contributed by atoms with van der Waals surface area (Å²) in [6.07, 6.45) is 4.74. The second-order valence-corrected chi connectivity index (χ2v) is 4.46. The number of hydrogen-bond acceptors (Lipinski definition) is 3. The van der Waals surface area contributed by atoms with Gasteiger partial charge in [-0.3, -0.25) is 0 Å². The van der Waals surface area contributed by atoms with Crippen LogP contribution in [-0.2, 0) is 13.0 Å². The third kappa shape index (κ3) is 2.46. The van der Waals surface area contributed by atoms with Gasteiger partial charge in [-0.1, -0.05) is 0 Å². The Morgan fingerprint density at radius 3 is 3.13 bits per heavy atom. The minimum absolute atomic E-state index is 0.0509. The Kier molecular flexibility index (Phi) is 3.18. The van der Waals surface area contributed by atoms with Gasteiger partial charge in [-0.2, -0.15) is 11.3 Å². The van der Waals surface area contributed by atoms with Crippen molar-refractivity contribution in [2.24, 2.45) is 5.73 Å². The van der Waals surface area contributed by atoms with Crippen LogP contribution in [0.3, 0.4) is 0 Å². The van der Waals surface area contributed by atoms with E-state index in [1.807, 2.05) is 19.4 Å². The zero-order valence-corrected chi connectivity index (χ0v) is 9.57. The lowest BCUT2D eigenvalue weighted by Gasteiger charge is -2.09. The first kappa shape index (κ1) is 10.4. The predicted octanol–water partition coefficient (Wildman–Crippen LogP) is 2.21. The molecule has 4 heteroatoms. The summed E-state index contributed by atoms with van der Waals surface area (Å²) >= 11 is 1.74. The van der Waals surface area contributed by atoms with Gasteiger partial charge in [0.2, 0.25) is 0 Å². The van der Waals surface area contributed by atoms with Crippen LogP contribution in [0.25, 0.3) is 0 Å². The van der Waals surface area contributed by atoms with Crippen molar-refractivity contribution in [1.29, 1.82) is 0 Å². The second kappa shape index (κ2) is 4.59. The van der Waals surface area contributed by atoms with Gasteiger partial charge in [0.05, 0.1) is 12.0 Å². The van der Waals surface area contributed by atoms with E-state index in [2.05, 4.69) is 26.4 Å². The van der Waals surface area contributed by atoms with Crippen LogP contribution in [0.1, 0.15) is 24.2 Å². The first-order chi connectivity index (χ1) is 7.27. The maximum absolute atomic E-state index is 5.85. The fraction of sp³-hybridized carbons (Fsp3) is 0.364. The van der Waals surface area contributed by atoms with Crippen LogP contribution in [0, 0.1) is 0 Å². The van der Waals surface area contributed by atoms with Gasteiger partial charge in [-0.25, -0.2) is 4.98 Å². The van der Waals surface area contributed by atoms with E-state index >= 15 is 0 Å². The minimum Gasteiger partial charge on any atom is -0.333 e. The summed E-state index contributed by atoms with van der Waals surface area (Å²) in [5.41, 5.74) is 8.33. The molecular formula is C11H15N3S. The highest BCUT2D eigenvalue weighted by Crippen LogP contribution is 2.11. The summed E-state index contributed by atoms with van der Waals surface area (Å²) in [4.78, 5) is 4.13. The van der Waals surface area contributed by atoms with Crippen LogP contribution in [0.5, 0.6) is 0 Å². The average molecular weight is 221 g/mol. The molecule has 0 spiro atoms. The Hall–Kier alpha value is -1.13. The third-order valence-electron chi connectivity index (χ3n) is 2.43. The smallest absolute Gasteiger partial charge is 0.0948 e.